The third-order valence-corrected chi connectivity index (χ3v) is 9.46. The molecule has 0 spiro atoms. The lowest BCUT2D eigenvalue weighted by Gasteiger charge is -2.23. The van der Waals surface area contributed by atoms with Crippen molar-refractivity contribution in [3.63, 3.8) is 0 Å². The van der Waals surface area contributed by atoms with Crippen molar-refractivity contribution in [3.05, 3.63) is 82.4 Å². The molecular formula is C29H30Cl2N3O7S2+. The quantitative estimate of drug-likeness (QED) is 0.148. The second kappa shape index (κ2) is 12.5. The van der Waals surface area contributed by atoms with Gasteiger partial charge >= 0.3 is 5.89 Å². The zero-order chi connectivity index (χ0) is 30.9. The van der Waals surface area contributed by atoms with Crippen LogP contribution in [-0.4, -0.2) is 50.5 Å². The van der Waals surface area contributed by atoms with Crippen molar-refractivity contribution in [2.75, 3.05) is 34.4 Å². The Morgan fingerprint density at radius 2 is 1.47 bits per heavy atom. The molecule has 1 aliphatic rings. The average Bonchev–Trinajstić information content (AvgIpc) is 3.42. The van der Waals surface area contributed by atoms with Crippen LogP contribution in [0.2, 0.25) is 10.0 Å². The molecule has 5 rings (SSSR count). The van der Waals surface area contributed by atoms with Gasteiger partial charge in [0.1, 0.15) is 5.82 Å². The number of hydrogen-bond donors (Lipinski definition) is 2. The van der Waals surface area contributed by atoms with E-state index in [9.17, 15) is 25.9 Å². The number of oxazole rings is 1. The first-order chi connectivity index (χ1) is 20.3. The number of halogens is 2. The second-order valence-corrected chi connectivity index (χ2v) is 14.0. The molecule has 3 aromatic carbocycles. The molecule has 0 atom stereocenters. The lowest BCUT2D eigenvalue weighted by Crippen LogP contribution is -2.37. The Bertz CT molecular complexity index is 1910. The van der Waals surface area contributed by atoms with Crippen molar-refractivity contribution in [2.24, 2.45) is 0 Å². The highest BCUT2D eigenvalue weighted by Gasteiger charge is 2.34. The van der Waals surface area contributed by atoms with Crippen molar-refractivity contribution < 1.29 is 34.9 Å². The minimum Gasteiger partial charge on any atom is -0.398 e. The molecule has 0 bridgehead atoms. The van der Waals surface area contributed by atoms with Crippen LogP contribution in [0.4, 0.5) is 11.4 Å². The van der Waals surface area contributed by atoms with Gasteiger partial charge in [-0.3, -0.25) is 9.11 Å². The number of nitrogens with zero attached hydrogens (tertiary/aromatic N) is 3. The van der Waals surface area contributed by atoms with E-state index >= 15 is 0 Å². The molecule has 43 heavy (non-hydrogen) atoms. The summed E-state index contributed by atoms with van der Waals surface area (Å²) < 4.78 is 72.9. The topological polar surface area (TPSA) is 132 Å². The monoisotopic (exact) mass is 666 g/mol. The van der Waals surface area contributed by atoms with Gasteiger partial charge in [-0.2, -0.15) is 21.4 Å². The largest absolute Gasteiger partial charge is 0.398 e. The van der Waals surface area contributed by atoms with Gasteiger partial charge in [-0.15, -0.1) is 0 Å². The highest BCUT2D eigenvalue weighted by atomic mass is 35.5. The van der Waals surface area contributed by atoms with Crippen LogP contribution in [0.15, 0.2) is 70.9 Å². The summed E-state index contributed by atoms with van der Waals surface area (Å²) in [5.41, 5.74) is 4.70. The molecule has 2 N–H and O–H groups in total. The summed E-state index contributed by atoms with van der Waals surface area (Å²) in [4.78, 5) is 3.87. The summed E-state index contributed by atoms with van der Waals surface area (Å²) in [5.74, 6) is 0.208. The van der Waals surface area contributed by atoms with E-state index in [1.54, 1.807) is 18.2 Å². The molecule has 0 radical (unpaired) electrons. The van der Waals surface area contributed by atoms with E-state index in [2.05, 4.69) is 0 Å². The Morgan fingerprint density at radius 3 is 2.09 bits per heavy atom. The Hall–Kier alpha value is -3.13. The normalized spacial score (nSPS) is 14.7. The van der Waals surface area contributed by atoms with Gasteiger partial charge in [0.25, 0.3) is 25.8 Å². The molecule has 10 nitrogen and oxygen atoms in total. The van der Waals surface area contributed by atoms with E-state index in [1.165, 1.54) is 0 Å². The van der Waals surface area contributed by atoms with E-state index in [0.29, 0.717) is 39.6 Å². The third-order valence-electron chi connectivity index (χ3n) is 7.13. The average molecular weight is 668 g/mol. The number of aryl methyl sites for hydroxylation is 1. The number of rotatable bonds is 11. The van der Waals surface area contributed by atoms with Crippen LogP contribution in [0.25, 0.3) is 28.3 Å². The van der Waals surface area contributed by atoms with E-state index in [0.717, 1.165) is 22.3 Å². The van der Waals surface area contributed by atoms with Crippen LogP contribution < -0.4 is 14.4 Å². The summed E-state index contributed by atoms with van der Waals surface area (Å²) in [7, 11) is -8.35. The predicted octanol–water partition coefficient (Wildman–Crippen LogP) is 5.89. The smallest absolute Gasteiger partial charge is 0.377 e. The third kappa shape index (κ3) is 7.17. The predicted molar refractivity (Wildman–Crippen MR) is 169 cm³/mol. The van der Waals surface area contributed by atoms with E-state index in [1.807, 2.05) is 69.8 Å². The van der Waals surface area contributed by atoms with E-state index < -0.39 is 31.7 Å². The van der Waals surface area contributed by atoms with Gasteiger partial charge in [-0.1, -0.05) is 59.6 Å². The summed E-state index contributed by atoms with van der Waals surface area (Å²) in [6, 6.07) is 19.0. The van der Waals surface area contributed by atoms with Crippen molar-refractivity contribution in [1.29, 1.82) is 0 Å². The maximum atomic E-state index is 11.5. The highest BCUT2D eigenvalue weighted by molar-refractivity contribution is 7.86. The van der Waals surface area contributed by atoms with E-state index in [4.69, 9.17) is 27.6 Å². The molecule has 0 saturated carbocycles. The van der Waals surface area contributed by atoms with Crippen LogP contribution in [-0.2, 0) is 26.8 Å². The van der Waals surface area contributed by atoms with Gasteiger partial charge in [-0.05, 0) is 42.7 Å². The van der Waals surface area contributed by atoms with Crippen LogP contribution >= 0.6 is 23.2 Å². The minimum atomic E-state index is -4.18. The molecule has 0 saturated heterocycles. The molecule has 4 aromatic rings. The minimum absolute atomic E-state index is 0.127. The maximum absolute atomic E-state index is 11.5. The standard InChI is InChI=1S/C29H29Cl2N3O7S2/c1-2-32-24-17-22(30)23(31)18-25(24)33(12-6-14-42(35,36)37)28(32)19-29-34(13-7-15-43(38,39)40)26-16-21(10-11-27(26)41-29)20-8-4-3-5-9-20/h3-5,8-11,16-19H,2,6-7,12-15H2,1H3,(H-,35,36,37,38,39,40)/p+1. The Morgan fingerprint density at radius 1 is 0.837 bits per heavy atom. The molecule has 14 heteroatoms. The fourth-order valence-electron chi connectivity index (χ4n) is 5.24. The molecule has 0 aliphatic carbocycles. The van der Waals surface area contributed by atoms with Gasteiger partial charge < -0.3 is 14.2 Å². The van der Waals surface area contributed by atoms with Crippen molar-refractivity contribution in [3.8, 4) is 11.1 Å². The summed E-state index contributed by atoms with van der Waals surface area (Å²) in [6.45, 7) is 2.93. The van der Waals surface area contributed by atoms with Crippen LogP contribution in [0, 0.1) is 0 Å². The lowest BCUT2D eigenvalue weighted by molar-refractivity contribution is -0.677. The molecule has 0 amide bonds. The van der Waals surface area contributed by atoms with Gasteiger partial charge in [0, 0.05) is 25.6 Å². The van der Waals surface area contributed by atoms with Gasteiger partial charge in [0.15, 0.2) is 6.54 Å². The molecule has 0 fully saturated rings. The molecule has 1 aromatic heterocycles. The summed E-state index contributed by atoms with van der Waals surface area (Å²) >= 11 is 12.7. The number of anilines is 2. The number of hydrogen-bond acceptors (Lipinski definition) is 7. The van der Waals surface area contributed by atoms with Crippen molar-refractivity contribution in [1.82, 2.24) is 0 Å². The number of fused-ring (bicyclic) bond motifs is 2. The first kappa shape index (κ1) is 31.3. The van der Waals surface area contributed by atoms with E-state index in [-0.39, 0.29) is 25.9 Å². The second-order valence-electron chi connectivity index (χ2n) is 10.1. The Balaban J connectivity index is 1.64. The zero-order valence-corrected chi connectivity index (χ0v) is 26.3. The fourth-order valence-corrected chi connectivity index (χ4v) is 6.55. The molecule has 0 unspecified atom stereocenters. The van der Waals surface area contributed by atoms with Crippen LogP contribution in [0.5, 0.6) is 0 Å². The molecular weight excluding hydrogens is 637 g/mol. The Kier molecular flexibility index (Phi) is 9.07. The van der Waals surface area contributed by atoms with Gasteiger partial charge in [-0.25, -0.2) is 0 Å². The summed E-state index contributed by atoms with van der Waals surface area (Å²) in [5, 5.41) is 0.686. The molecule has 2 heterocycles. The molecule has 1 aliphatic heterocycles. The van der Waals surface area contributed by atoms with Crippen LogP contribution in [0.3, 0.4) is 0 Å². The molecule has 228 valence electrons. The SMILES string of the molecule is CCN1/C(=C\c2oc3ccc(-c4ccccc4)cc3[n+]2CCCS(=O)(=O)O)N(CCCS(=O)(=O)O)c2cc(Cl)c(Cl)cc21. The zero-order valence-electron chi connectivity index (χ0n) is 23.2. The number of aromatic nitrogens is 1. The fraction of sp³-hybridized carbons (Fsp3) is 0.276. The van der Waals surface area contributed by atoms with Crippen LogP contribution in [0.1, 0.15) is 25.7 Å². The summed E-state index contributed by atoms with van der Waals surface area (Å²) in [6.07, 6.45) is 2.06. The maximum Gasteiger partial charge on any atom is 0.377 e. The van der Waals surface area contributed by atoms with Crippen molar-refractivity contribution >= 4 is 72.0 Å². The Labute approximate surface area is 260 Å². The van der Waals surface area contributed by atoms with Gasteiger partial charge in [0.05, 0.1) is 39.0 Å². The number of benzene rings is 3. The first-order valence-corrected chi connectivity index (χ1v) is 17.5. The van der Waals surface area contributed by atoms with Crippen molar-refractivity contribution in [2.45, 2.75) is 26.3 Å². The highest BCUT2D eigenvalue weighted by Crippen LogP contribution is 2.46. The van der Waals surface area contributed by atoms with Gasteiger partial charge in [0.2, 0.25) is 5.58 Å². The first-order valence-electron chi connectivity index (χ1n) is 13.5. The lowest BCUT2D eigenvalue weighted by atomic mass is 10.1.